The van der Waals surface area contributed by atoms with E-state index in [4.69, 9.17) is 5.11 Å². The Morgan fingerprint density at radius 3 is 2.65 bits per heavy atom. The van der Waals surface area contributed by atoms with Crippen LogP contribution in [0.3, 0.4) is 0 Å². The molecule has 0 spiro atoms. The average molecular weight is 299 g/mol. The largest absolute Gasteiger partial charge is 0.480 e. The lowest BCUT2D eigenvalue weighted by atomic mass is 10.2. The summed E-state index contributed by atoms with van der Waals surface area (Å²) >= 11 is 0.812. The summed E-state index contributed by atoms with van der Waals surface area (Å²) in [5.74, 6) is -1.65. The van der Waals surface area contributed by atoms with Gasteiger partial charge < -0.3 is 10.4 Å². The Balaban J connectivity index is 2.75. The molecule has 1 atom stereocenters. The van der Waals surface area contributed by atoms with E-state index in [1.54, 1.807) is 6.07 Å². The summed E-state index contributed by atoms with van der Waals surface area (Å²) in [4.78, 5) is 32.7. The molecule has 1 rings (SSSR count). The molecule has 0 aromatic heterocycles. The molecule has 0 fully saturated rings. The fourth-order valence-corrected chi connectivity index (χ4v) is 2.14. The summed E-state index contributed by atoms with van der Waals surface area (Å²) < 4.78 is 2.55. The van der Waals surface area contributed by atoms with Crippen LogP contribution in [0.5, 0.6) is 0 Å². The molecule has 0 aliphatic carbocycles. The number of nitrogens with zero attached hydrogens (tertiary/aromatic N) is 1. The smallest absolute Gasteiger partial charge is 0.322 e. The molecule has 108 valence electrons. The third kappa shape index (κ3) is 4.52. The van der Waals surface area contributed by atoms with Crippen LogP contribution in [0.1, 0.15) is 6.42 Å². The van der Waals surface area contributed by atoms with Crippen LogP contribution >= 0.6 is 11.9 Å². The monoisotopic (exact) mass is 299 g/mol. The van der Waals surface area contributed by atoms with Crippen LogP contribution in [0.4, 0.5) is 5.69 Å². The van der Waals surface area contributed by atoms with Gasteiger partial charge in [0.25, 0.3) is 5.69 Å². The Kier molecular flexibility index (Phi) is 5.94. The van der Waals surface area contributed by atoms with Gasteiger partial charge in [0.05, 0.1) is 11.3 Å². The highest BCUT2D eigenvalue weighted by atomic mass is 32.2. The molecule has 0 saturated carbocycles. The topological polar surface area (TPSA) is 122 Å². The highest BCUT2D eigenvalue weighted by molar-refractivity contribution is 7.97. The number of amides is 1. The molecule has 20 heavy (non-hydrogen) atoms. The van der Waals surface area contributed by atoms with Crippen LogP contribution in [0.2, 0.25) is 0 Å². The van der Waals surface area contributed by atoms with Crippen molar-refractivity contribution in [3.63, 3.8) is 0 Å². The highest BCUT2D eigenvalue weighted by Gasteiger charge is 2.22. The number of carbonyl (C=O) groups excluding carboxylic acids is 1. The second-order valence-electron chi connectivity index (χ2n) is 3.71. The third-order valence-corrected chi connectivity index (χ3v) is 3.31. The van der Waals surface area contributed by atoms with Gasteiger partial charge in [-0.25, -0.2) is 4.72 Å². The number of nitro groups is 1. The molecule has 1 aromatic rings. The number of nitro benzene ring substituents is 1. The summed E-state index contributed by atoms with van der Waals surface area (Å²) in [5, 5.41) is 22.1. The fraction of sp³-hybridized carbons (Fsp3) is 0.273. The number of carboxylic acids is 1. The Labute approximate surface area is 118 Å². The van der Waals surface area contributed by atoms with E-state index in [0.717, 1.165) is 11.9 Å². The third-order valence-electron chi connectivity index (χ3n) is 2.34. The number of aliphatic carboxylic acids is 1. The van der Waals surface area contributed by atoms with Gasteiger partial charge in [0.1, 0.15) is 10.9 Å². The van der Waals surface area contributed by atoms with Crippen LogP contribution in [0.25, 0.3) is 0 Å². The van der Waals surface area contributed by atoms with E-state index in [-0.39, 0.29) is 17.0 Å². The van der Waals surface area contributed by atoms with Crippen molar-refractivity contribution in [1.29, 1.82) is 0 Å². The summed E-state index contributed by atoms with van der Waals surface area (Å²) in [6, 6.07) is 4.79. The molecular weight excluding hydrogens is 286 g/mol. The average Bonchev–Trinajstić information content (AvgIpc) is 2.42. The first-order valence-corrected chi connectivity index (χ1v) is 6.36. The van der Waals surface area contributed by atoms with E-state index >= 15 is 0 Å². The van der Waals surface area contributed by atoms with Gasteiger partial charge in [-0.05, 0) is 18.0 Å². The summed E-state index contributed by atoms with van der Waals surface area (Å²) in [6.45, 7) is 0. The van der Waals surface area contributed by atoms with Crippen molar-refractivity contribution < 1.29 is 19.6 Å². The van der Waals surface area contributed by atoms with E-state index < -0.39 is 22.8 Å². The number of para-hydroxylation sites is 1. The molecular formula is C11H13N3O5S. The lowest BCUT2D eigenvalue weighted by Crippen LogP contribution is -2.37. The summed E-state index contributed by atoms with van der Waals surface area (Å²) in [5.41, 5.74) is -0.130. The molecule has 0 aliphatic rings. The first kappa shape index (κ1) is 15.9. The van der Waals surface area contributed by atoms with Crippen molar-refractivity contribution in [3.8, 4) is 0 Å². The standard InChI is InChI=1S/C11H13N3O5S/c1-12-10(15)6-7(11(16)17)13-20-9-5-3-2-4-8(9)14(18)19/h2-5,7,13H,6H2,1H3,(H,12,15)(H,16,17). The maximum absolute atomic E-state index is 11.2. The number of hydrogen-bond acceptors (Lipinski definition) is 6. The van der Waals surface area contributed by atoms with Gasteiger partial charge >= 0.3 is 5.97 Å². The van der Waals surface area contributed by atoms with Gasteiger partial charge in [-0.3, -0.25) is 19.7 Å². The van der Waals surface area contributed by atoms with Crippen LogP contribution in [-0.2, 0) is 9.59 Å². The van der Waals surface area contributed by atoms with Crippen LogP contribution in [-0.4, -0.2) is 35.0 Å². The highest BCUT2D eigenvalue weighted by Crippen LogP contribution is 2.27. The predicted molar refractivity (Wildman–Crippen MR) is 72.2 cm³/mol. The minimum Gasteiger partial charge on any atom is -0.480 e. The van der Waals surface area contributed by atoms with Gasteiger partial charge in [0, 0.05) is 13.1 Å². The second kappa shape index (κ2) is 7.46. The van der Waals surface area contributed by atoms with E-state index in [0.29, 0.717) is 0 Å². The Hall–Kier alpha value is -2.13. The number of rotatable bonds is 7. The van der Waals surface area contributed by atoms with Crippen molar-refractivity contribution >= 4 is 29.5 Å². The van der Waals surface area contributed by atoms with Crippen molar-refractivity contribution in [2.24, 2.45) is 0 Å². The van der Waals surface area contributed by atoms with Crippen LogP contribution < -0.4 is 10.0 Å². The quantitative estimate of drug-likeness (QED) is 0.386. The van der Waals surface area contributed by atoms with Gasteiger partial charge in [-0.2, -0.15) is 0 Å². The van der Waals surface area contributed by atoms with Crippen molar-refractivity contribution in [1.82, 2.24) is 10.0 Å². The Morgan fingerprint density at radius 1 is 1.45 bits per heavy atom. The van der Waals surface area contributed by atoms with Gasteiger partial charge in [-0.15, -0.1) is 0 Å². The number of carboxylic acid groups (broad SMARTS) is 1. The minimum atomic E-state index is -1.21. The molecule has 1 aromatic carbocycles. The number of benzene rings is 1. The first-order chi connectivity index (χ1) is 9.45. The zero-order valence-electron chi connectivity index (χ0n) is 10.5. The van der Waals surface area contributed by atoms with Crippen molar-refractivity contribution in [3.05, 3.63) is 34.4 Å². The summed E-state index contributed by atoms with van der Waals surface area (Å²) in [6.07, 6.45) is -0.264. The molecule has 1 amide bonds. The van der Waals surface area contributed by atoms with E-state index in [1.165, 1.54) is 25.2 Å². The Bertz CT molecular complexity index is 523. The molecule has 1 unspecified atom stereocenters. The molecule has 0 saturated heterocycles. The minimum absolute atomic E-state index is 0.130. The van der Waals surface area contributed by atoms with E-state index in [1.807, 2.05) is 0 Å². The SMILES string of the molecule is CNC(=O)CC(NSc1ccccc1[N+](=O)[O-])C(=O)O. The van der Waals surface area contributed by atoms with E-state index in [2.05, 4.69) is 10.0 Å². The molecule has 0 radical (unpaired) electrons. The van der Waals surface area contributed by atoms with Gasteiger partial charge in [0.15, 0.2) is 0 Å². The normalized spacial score (nSPS) is 11.7. The lowest BCUT2D eigenvalue weighted by Gasteiger charge is -2.12. The first-order valence-electron chi connectivity index (χ1n) is 5.55. The molecule has 9 heteroatoms. The molecule has 0 aliphatic heterocycles. The molecule has 3 N–H and O–H groups in total. The molecule has 0 bridgehead atoms. The van der Waals surface area contributed by atoms with Crippen molar-refractivity contribution in [2.45, 2.75) is 17.4 Å². The zero-order chi connectivity index (χ0) is 15.1. The zero-order valence-corrected chi connectivity index (χ0v) is 11.3. The van der Waals surface area contributed by atoms with Gasteiger partial charge in [-0.1, -0.05) is 12.1 Å². The second-order valence-corrected chi connectivity index (χ2v) is 4.59. The predicted octanol–water partition coefficient (Wildman–Crippen LogP) is 0.781. The maximum atomic E-state index is 11.2. The lowest BCUT2D eigenvalue weighted by molar-refractivity contribution is -0.387. The van der Waals surface area contributed by atoms with Crippen LogP contribution in [0.15, 0.2) is 29.2 Å². The summed E-state index contributed by atoms with van der Waals surface area (Å²) in [7, 11) is 1.40. The number of hydrogen-bond donors (Lipinski definition) is 3. The van der Waals surface area contributed by atoms with Gasteiger partial charge in [0.2, 0.25) is 5.91 Å². The fourth-order valence-electron chi connectivity index (χ4n) is 1.30. The molecule has 0 heterocycles. The van der Waals surface area contributed by atoms with Crippen LogP contribution in [0, 0.1) is 10.1 Å². The van der Waals surface area contributed by atoms with E-state index in [9.17, 15) is 19.7 Å². The maximum Gasteiger partial charge on any atom is 0.322 e. The molecule has 8 nitrogen and oxygen atoms in total. The van der Waals surface area contributed by atoms with Crippen molar-refractivity contribution in [2.75, 3.05) is 7.05 Å². The number of nitrogens with one attached hydrogen (secondary N) is 2. The number of carbonyl (C=O) groups is 2. The Morgan fingerprint density at radius 2 is 2.10 bits per heavy atom.